The number of fused-ring (bicyclic) bond motifs is 1. The number of nitrogens with one attached hydrogen (secondary N) is 1. The maximum Gasteiger partial charge on any atom is 0.267 e. The number of hydrogen-bond acceptors (Lipinski definition) is 3. The van der Waals surface area contributed by atoms with E-state index in [4.69, 9.17) is 0 Å². The van der Waals surface area contributed by atoms with Gasteiger partial charge in [0.2, 0.25) is 11.6 Å². The Hall–Kier alpha value is -4.07. The highest BCUT2D eigenvalue weighted by atomic mass is 19.1. The predicted octanol–water partition coefficient (Wildman–Crippen LogP) is 5.14. The van der Waals surface area contributed by atoms with Gasteiger partial charge in [0.1, 0.15) is 5.82 Å². The third kappa shape index (κ3) is 4.14. The van der Waals surface area contributed by atoms with Gasteiger partial charge in [-0.15, -0.1) is 0 Å². The lowest BCUT2D eigenvalue weighted by atomic mass is 9.87. The highest BCUT2D eigenvalue weighted by Gasteiger charge is 2.61. The van der Waals surface area contributed by atoms with Crippen molar-refractivity contribution in [2.75, 3.05) is 4.90 Å². The molecule has 1 aliphatic carbocycles. The lowest BCUT2D eigenvalue weighted by molar-refractivity contribution is -0.129. The van der Waals surface area contributed by atoms with Crippen molar-refractivity contribution in [3.8, 4) is 5.69 Å². The monoisotopic (exact) mass is 514 g/mol. The smallest absolute Gasteiger partial charge is 0.267 e. The molecule has 0 radical (unpaired) electrons. The summed E-state index contributed by atoms with van der Waals surface area (Å²) in [6.45, 7) is 1.90. The van der Waals surface area contributed by atoms with E-state index in [0.29, 0.717) is 23.4 Å². The van der Waals surface area contributed by atoms with Gasteiger partial charge in [-0.25, -0.2) is 13.5 Å². The van der Waals surface area contributed by atoms with Crippen LogP contribution in [0.5, 0.6) is 0 Å². The highest BCUT2D eigenvalue weighted by Crippen LogP contribution is 2.41. The van der Waals surface area contributed by atoms with Gasteiger partial charge in [0.25, 0.3) is 5.91 Å². The van der Waals surface area contributed by atoms with Gasteiger partial charge in [0, 0.05) is 23.4 Å². The fourth-order valence-electron chi connectivity index (χ4n) is 5.53. The Labute approximate surface area is 219 Å². The molecule has 0 bridgehead atoms. The van der Waals surface area contributed by atoms with Crippen molar-refractivity contribution in [1.29, 1.82) is 0 Å². The highest BCUT2D eigenvalue weighted by molar-refractivity contribution is 6.05. The summed E-state index contributed by atoms with van der Waals surface area (Å²) in [6.07, 6.45) is 3.59. The van der Waals surface area contributed by atoms with Crippen LogP contribution in [-0.2, 0) is 16.0 Å². The van der Waals surface area contributed by atoms with E-state index < -0.39 is 23.7 Å². The van der Waals surface area contributed by atoms with Crippen LogP contribution in [0, 0.1) is 11.7 Å². The minimum atomic E-state index is -2.29. The zero-order valence-electron chi connectivity index (χ0n) is 21.0. The molecule has 0 spiro atoms. The maximum atomic E-state index is 17.0. The van der Waals surface area contributed by atoms with Crippen LogP contribution in [0.2, 0.25) is 0 Å². The number of nitrogens with zero attached hydrogens (tertiary/aromatic N) is 3. The second-order valence-electron chi connectivity index (χ2n) is 10.2. The number of anilines is 1. The Bertz CT molecular complexity index is 1500. The maximum absolute atomic E-state index is 17.0. The standard InChI is InChI=1S/C30H28F2N4O2/c1-2-25-27(34-28(37)20-8-9-20)30(32,17-19-6-4-3-5-7-19)29(38)35(25)24-14-15-26-21(16-24)18-33-36(26)23-12-10-22(31)11-13-23/h3-7,10-16,18,20,25,27H,2,8-9,17H2,1H3,(H,34,37)/t25?,27?,30-/m0/s1. The Morgan fingerprint density at radius 1 is 1.05 bits per heavy atom. The van der Waals surface area contributed by atoms with Gasteiger partial charge >= 0.3 is 0 Å². The molecule has 2 aliphatic rings. The molecule has 4 aromatic rings. The van der Waals surface area contributed by atoms with Crippen LogP contribution in [0.25, 0.3) is 16.6 Å². The summed E-state index contributed by atoms with van der Waals surface area (Å²) in [6, 6.07) is 19.0. The first-order chi connectivity index (χ1) is 18.4. The average molecular weight is 515 g/mol. The Morgan fingerprint density at radius 2 is 1.76 bits per heavy atom. The average Bonchev–Trinajstić information content (AvgIpc) is 3.67. The zero-order chi connectivity index (χ0) is 26.4. The van der Waals surface area contributed by atoms with Crippen molar-refractivity contribution in [3.63, 3.8) is 0 Å². The molecule has 2 fully saturated rings. The molecule has 1 saturated heterocycles. The van der Waals surface area contributed by atoms with E-state index in [9.17, 15) is 14.0 Å². The van der Waals surface area contributed by atoms with E-state index in [1.807, 2.05) is 37.3 Å². The van der Waals surface area contributed by atoms with E-state index in [0.717, 1.165) is 23.7 Å². The number of halogens is 2. The third-order valence-corrected chi connectivity index (χ3v) is 7.65. The van der Waals surface area contributed by atoms with Gasteiger partial charge in [-0.3, -0.25) is 9.59 Å². The minimum absolute atomic E-state index is 0.105. The minimum Gasteiger partial charge on any atom is -0.347 e. The summed E-state index contributed by atoms with van der Waals surface area (Å²) in [4.78, 5) is 28.2. The molecule has 6 nitrogen and oxygen atoms in total. The zero-order valence-corrected chi connectivity index (χ0v) is 21.0. The predicted molar refractivity (Wildman–Crippen MR) is 141 cm³/mol. The number of carbonyl (C=O) groups excluding carboxylic acids is 2. The van der Waals surface area contributed by atoms with Crippen LogP contribution >= 0.6 is 0 Å². The van der Waals surface area contributed by atoms with Crippen LogP contribution in [0.3, 0.4) is 0 Å². The fourth-order valence-corrected chi connectivity index (χ4v) is 5.53. The fraction of sp³-hybridized carbons (Fsp3) is 0.300. The molecule has 1 aliphatic heterocycles. The molecule has 1 saturated carbocycles. The van der Waals surface area contributed by atoms with Crippen molar-refractivity contribution in [1.82, 2.24) is 15.1 Å². The number of carbonyl (C=O) groups is 2. The first kappa shape index (κ1) is 24.3. The van der Waals surface area contributed by atoms with E-state index >= 15 is 4.39 Å². The molecule has 194 valence electrons. The summed E-state index contributed by atoms with van der Waals surface area (Å²) >= 11 is 0. The molecule has 6 rings (SSSR count). The number of aromatic nitrogens is 2. The molecular weight excluding hydrogens is 486 g/mol. The number of amides is 2. The molecular formula is C30H28F2N4O2. The van der Waals surface area contributed by atoms with Crippen LogP contribution in [0.1, 0.15) is 31.7 Å². The van der Waals surface area contributed by atoms with Gasteiger partial charge in [-0.2, -0.15) is 5.10 Å². The number of rotatable bonds is 7. The van der Waals surface area contributed by atoms with Gasteiger partial charge in [0.15, 0.2) is 0 Å². The summed E-state index contributed by atoms with van der Waals surface area (Å²) in [5.41, 5.74) is 0.425. The van der Waals surface area contributed by atoms with Crippen molar-refractivity contribution >= 4 is 28.4 Å². The number of hydrogen-bond donors (Lipinski definition) is 1. The van der Waals surface area contributed by atoms with E-state index in [-0.39, 0.29) is 24.1 Å². The van der Waals surface area contributed by atoms with Gasteiger partial charge in [-0.1, -0.05) is 37.3 Å². The van der Waals surface area contributed by atoms with Crippen LogP contribution in [-0.4, -0.2) is 39.3 Å². The molecule has 3 atom stereocenters. The summed E-state index contributed by atoms with van der Waals surface area (Å²) < 4.78 is 32.1. The van der Waals surface area contributed by atoms with Crippen LogP contribution in [0.4, 0.5) is 14.5 Å². The summed E-state index contributed by atoms with van der Waals surface area (Å²) in [5.74, 6) is -1.28. The Balaban J connectivity index is 1.39. The molecule has 8 heteroatoms. The second kappa shape index (κ2) is 9.35. The lowest BCUT2D eigenvalue weighted by Gasteiger charge is -2.29. The Kier molecular flexibility index (Phi) is 5.97. The van der Waals surface area contributed by atoms with Gasteiger partial charge in [0.05, 0.1) is 29.5 Å². The molecule has 1 N–H and O–H groups in total. The first-order valence-electron chi connectivity index (χ1n) is 13.0. The molecule has 2 amide bonds. The van der Waals surface area contributed by atoms with E-state index in [1.165, 1.54) is 17.0 Å². The van der Waals surface area contributed by atoms with Crippen molar-refractivity contribution in [2.24, 2.45) is 5.92 Å². The largest absolute Gasteiger partial charge is 0.347 e. The van der Waals surface area contributed by atoms with Crippen molar-refractivity contribution in [2.45, 2.75) is 50.4 Å². The quantitative estimate of drug-likeness (QED) is 0.372. The second-order valence-corrected chi connectivity index (χ2v) is 10.2. The molecule has 3 aromatic carbocycles. The van der Waals surface area contributed by atoms with Gasteiger partial charge < -0.3 is 10.2 Å². The molecule has 2 unspecified atom stereocenters. The molecule has 2 heterocycles. The van der Waals surface area contributed by atoms with E-state index in [1.54, 1.807) is 41.2 Å². The van der Waals surface area contributed by atoms with Crippen molar-refractivity contribution < 1.29 is 18.4 Å². The summed E-state index contributed by atoms with van der Waals surface area (Å²) in [7, 11) is 0. The Morgan fingerprint density at radius 3 is 2.45 bits per heavy atom. The third-order valence-electron chi connectivity index (χ3n) is 7.65. The van der Waals surface area contributed by atoms with Crippen molar-refractivity contribution in [3.05, 3.63) is 90.4 Å². The summed E-state index contributed by atoms with van der Waals surface area (Å²) in [5, 5.41) is 8.13. The number of alkyl halides is 1. The molecule has 38 heavy (non-hydrogen) atoms. The van der Waals surface area contributed by atoms with E-state index in [2.05, 4.69) is 10.4 Å². The molecule has 1 aromatic heterocycles. The first-order valence-corrected chi connectivity index (χ1v) is 13.0. The SMILES string of the molecule is CCC1C(NC(=O)C2CC2)[C@@](F)(Cc2ccccc2)C(=O)N1c1ccc2c(cnn2-c2ccc(F)cc2)c1. The van der Waals surface area contributed by atoms with Crippen LogP contribution in [0.15, 0.2) is 79.0 Å². The lowest BCUT2D eigenvalue weighted by Crippen LogP contribution is -2.55. The van der Waals surface area contributed by atoms with Crippen LogP contribution < -0.4 is 10.2 Å². The topological polar surface area (TPSA) is 67.2 Å². The number of benzene rings is 3. The normalized spacial score (nSPS) is 23.2. The van der Waals surface area contributed by atoms with Gasteiger partial charge in [-0.05, 0) is 67.3 Å².